The maximum absolute atomic E-state index is 10.8. The van der Waals surface area contributed by atoms with Crippen LogP contribution in [0.25, 0.3) is 0 Å². The zero-order chi connectivity index (χ0) is 12.3. The zero-order valence-electron chi connectivity index (χ0n) is 10.1. The first-order chi connectivity index (χ1) is 8.15. The van der Waals surface area contributed by atoms with Gasteiger partial charge in [0.1, 0.15) is 0 Å². The van der Waals surface area contributed by atoms with E-state index in [4.69, 9.17) is 5.73 Å². The third kappa shape index (κ3) is 3.28. The van der Waals surface area contributed by atoms with Gasteiger partial charge in [-0.2, -0.15) is 0 Å². The fourth-order valence-corrected chi connectivity index (χ4v) is 2.03. The van der Waals surface area contributed by atoms with Crippen LogP contribution >= 0.6 is 0 Å². The maximum atomic E-state index is 10.8. The molecule has 1 heterocycles. The van der Waals surface area contributed by atoms with Crippen molar-refractivity contribution in [2.75, 3.05) is 33.2 Å². The van der Waals surface area contributed by atoms with Crippen molar-refractivity contribution in [3.8, 4) is 0 Å². The SMILES string of the molecule is CN1CCN(Cc2ccc(C([NH])=O)cc2)CC1. The van der Waals surface area contributed by atoms with Crippen LogP contribution in [-0.2, 0) is 6.54 Å². The predicted molar refractivity (Wildman–Crippen MR) is 66.6 cm³/mol. The molecule has 1 N–H and O–H groups in total. The highest BCUT2D eigenvalue weighted by atomic mass is 16.1. The highest BCUT2D eigenvalue weighted by Crippen LogP contribution is 2.09. The number of hydrogen-bond donors (Lipinski definition) is 0. The molecule has 1 aliphatic rings. The molecule has 1 amide bonds. The molecule has 1 radical (unpaired) electrons. The number of nitrogens with one attached hydrogen (secondary N) is 1. The number of amides is 1. The monoisotopic (exact) mass is 232 g/mol. The molecule has 1 aromatic carbocycles. The quantitative estimate of drug-likeness (QED) is 0.776. The first-order valence-corrected chi connectivity index (χ1v) is 5.91. The van der Waals surface area contributed by atoms with Crippen LogP contribution < -0.4 is 5.73 Å². The number of carbonyl (C=O) groups is 1. The number of likely N-dealkylation sites (N-methyl/N-ethyl adjacent to an activating group) is 1. The maximum Gasteiger partial charge on any atom is 0.269 e. The lowest BCUT2D eigenvalue weighted by molar-refractivity contribution is 0.0992. The molecule has 0 bridgehead atoms. The van der Waals surface area contributed by atoms with E-state index in [9.17, 15) is 4.79 Å². The van der Waals surface area contributed by atoms with Gasteiger partial charge in [0.25, 0.3) is 5.91 Å². The van der Waals surface area contributed by atoms with E-state index in [1.165, 1.54) is 5.56 Å². The molecule has 2 rings (SSSR count). The lowest BCUT2D eigenvalue weighted by Crippen LogP contribution is -2.43. The van der Waals surface area contributed by atoms with Crippen LogP contribution in [0.15, 0.2) is 24.3 Å². The number of benzene rings is 1. The van der Waals surface area contributed by atoms with Gasteiger partial charge in [-0.25, -0.2) is 0 Å². The Morgan fingerprint density at radius 2 is 1.76 bits per heavy atom. The topological polar surface area (TPSA) is 47.4 Å². The van der Waals surface area contributed by atoms with Crippen molar-refractivity contribution in [1.82, 2.24) is 15.5 Å². The second kappa shape index (κ2) is 5.29. The summed E-state index contributed by atoms with van der Waals surface area (Å²) < 4.78 is 0. The molecule has 0 saturated carbocycles. The van der Waals surface area contributed by atoms with Crippen LogP contribution in [0.3, 0.4) is 0 Å². The predicted octanol–water partition coefficient (Wildman–Crippen LogP) is 0.857. The normalized spacial score (nSPS) is 18.2. The average Bonchev–Trinajstić information content (AvgIpc) is 2.33. The molecule has 17 heavy (non-hydrogen) atoms. The van der Waals surface area contributed by atoms with Crippen LogP contribution in [0.2, 0.25) is 0 Å². The van der Waals surface area contributed by atoms with Gasteiger partial charge in [-0.3, -0.25) is 15.4 Å². The van der Waals surface area contributed by atoms with E-state index in [1.807, 2.05) is 12.1 Å². The van der Waals surface area contributed by atoms with Gasteiger partial charge in [-0.1, -0.05) is 12.1 Å². The zero-order valence-corrected chi connectivity index (χ0v) is 10.1. The Hall–Kier alpha value is -1.39. The summed E-state index contributed by atoms with van der Waals surface area (Å²) in [5.41, 5.74) is 8.68. The minimum Gasteiger partial charge on any atom is -0.304 e. The van der Waals surface area contributed by atoms with Crippen LogP contribution in [0.5, 0.6) is 0 Å². The van der Waals surface area contributed by atoms with Gasteiger partial charge in [0.2, 0.25) is 0 Å². The molecule has 1 saturated heterocycles. The van der Waals surface area contributed by atoms with Gasteiger partial charge in [0.05, 0.1) is 0 Å². The van der Waals surface area contributed by atoms with Crippen LogP contribution in [0, 0.1) is 0 Å². The smallest absolute Gasteiger partial charge is 0.269 e. The number of rotatable bonds is 3. The second-order valence-electron chi connectivity index (χ2n) is 4.61. The van der Waals surface area contributed by atoms with Crippen LogP contribution in [0.4, 0.5) is 0 Å². The molecule has 1 aromatic rings. The number of carbonyl (C=O) groups excluding carboxylic acids is 1. The fraction of sp³-hybridized carbons (Fsp3) is 0.462. The molecule has 0 aromatic heterocycles. The summed E-state index contributed by atoms with van der Waals surface area (Å²) in [5.74, 6) is -0.615. The average molecular weight is 232 g/mol. The summed E-state index contributed by atoms with van der Waals surface area (Å²) in [6.07, 6.45) is 0. The lowest BCUT2D eigenvalue weighted by Gasteiger charge is -2.32. The summed E-state index contributed by atoms with van der Waals surface area (Å²) >= 11 is 0. The van der Waals surface area contributed by atoms with Crippen molar-refractivity contribution < 1.29 is 4.79 Å². The van der Waals surface area contributed by atoms with Crippen molar-refractivity contribution in [3.63, 3.8) is 0 Å². The fourth-order valence-electron chi connectivity index (χ4n) is 2.03. The molecular weight excluding hydrogens is 214 g/mol. The Kier molecular flexibility index (Phi) is 3.76. The molecule has 91 valence electrons. The molecule has 1 aliphatic heterocycles. The Labute approximate surface area is 102 Å². The first kappa shape index (κ1) is 12.1. The van der Waals surface area contributed by atoms with Crippen LogP contribution in [-0.4, -0.2) is 48.9 Å². The van der Waals surface area contributed by atoms with E-state index < -0.39 is 5.91 Å². The van der Waals surface area contributed by atoms with Crippen molar-refractivity contribution in [1.29, 1.82) is 0 Å². The summed E-state index contributed by atoms with van der Waals surface area (Å²) in [6.45, 7) is 5.35. The summed E-state index contributed by atoms with van der Waals surface area (Å²) in [4.78, 5) is 15.6. The number of piperazine rings is 1. The van der Waals surface area contributed by atoms with Crippen molar-refractivity contribution in [2.45, 2.75) is 6.54 Å². The third-order valence-electron chi connectivity index (χ3n) is 3.22. The molecule has 1 fully saturated rings. The Balaban J connectivity index is 1.92. The Morgan fingerprint density at radius 3 is 2.29 bits per heavy atom. The van der Waals surface area contributed by atoms with Gasteiger partial charge in [-0.05, 0) is 24.7 Å². The molecule has 0 spiro atoms. The van der Waals surface area contributed by atoms with Gasteiger partial charge >= 0.3 is 0 Å². The number of hydrogen-bond acceptors (Lipinski definition) is 3. The standard InChI is InChI=1S/C13H18N3O/c1-15-6-8-16(9-7-15)10-11-2-4-12(5-3-11)13(14)17/h2-5,14H,6-10H2,1H3. The van der Waals surface area contributed by atoms with Crippen molar-refractivity contribution in [3.05, 3.63) is 35.4 Å². The third-order valence-corrected chi connectivity index (χ3v) is 3.22. The van der Waals surface area contributed by atoms with E-state index in [-0.39, 0.29) is 0 Å². The minimum atomic E-state index is -0.615. The van der Waals surface area contributed by atoms with Crippen molar-refractivity contribution in [2.24, 2.45) is 0 Å². The molecule has 0 aliphatic carbocycles. The number of nitrogens with zero attached hydrogens (tertiary/aromatic N) is 2. The molecule has 0 atom stereocenters. The summed E-state index contributed by atoms with van der Waals surface area (Å²) in [5, 5.41) is 0. The molecular formula is C13H18N3O. The van der Waals surface area contributed by atoms with Crippen molar-refractivity contribution >= 4 is 5.91 Å². The lowest BCUT2D eigenvalue weighted by atomic mass is 10.1. The summed E-state index contributed by atoms with van der Waals surface area (Å²) in [6, 6.07) is 7.36. The van der Waals surface area contributed by atoms with Gasteiger partial charge < -0.3 is 4.90 Å². The largest absolute Gasteiger partial charge is 0.304 e. The van der Waals surface area contributed by atoms with Gasteiger partial charge in [-0.15, -0.1) is 0 Å². The van der Waals surface area contributed by atoms with E-state index in [2.05, 4.69) is 16.8 Å². The Morgan fingerprint density at radius 1 is 1.18 bits per heavy atom. The highest BCUT2D eigenvalue weighted by molar-refractivity contribution is 5.92. The van der Waals surface area contributed by atoms with E-state index in [1.54, 1.807) is 12.1 Å². The Bertz CT molecular complexity index is 380. The van der Waals surface area contributed by atoms with Gasteiger partial charge in [0.15, 0.2) is 0 Å². The molecule has 4 nitrogen and oxygen atoms in total. The van der Waals surface area contributed by atoms with E-state index in [0.29, 0.717) is 5.56 Å². The second-order valence-corrected chi connectivity index (χ2v) is 4.61. The van der Waals surface area contributed by atoms with Gasteiger partial charge in [0, 0.05) is 38.3 Å². The highest BCUT2D eigenvalue weighted by Gasteiger charge is 2.13. The molecule has 4 heteroatoms. The van der Waals surface area contributed by atoms with E-state index >= 15 is 0 Å². The minimum absolute atomic E-state index is 0.465. The summed E-state index contributed by atoms with van der Waals surface area (Å²) in [7, 11) is 2.14. The molecule has 0 unspecified atom stereocenters. The van der Waals surface area contributed by atoms with Crippen LogP contribution in [0.1, 0.15) is 15.9 Å². The first-order valence-electron chi connectivity index (χ1n) is 5.91. The van der Waals surface area contributed by atoms with E-state index in [0.717, 1.165) is 32.7 Å².